The molecular weight excluding hydrogens is 269 g/mol. The number of nitrogens with one attached hydrogen (secondary N) is 1. The minimum absolute atomic E-state index is 0.178. The number of benzene rings is 1. The van der Waals surface area contributed by atoms with Crippen LogP contribution in [-0.4, -0.2) is 17.8 Å². The molecule has 0 aliphatic rings. The van der Waals surface area contributed by atoms with E-state index in [2.05, 4.69) is 12.2 Å². The summed E-state index contributed by atoms with van der Waals surface area (Å²) < 4.78 is 19.4. The lowest BCUT2D eigenvalue weighted by Gasteiger charge is -2.14. The fraction of sp³-hybridized carbons (Fsp3) is 0.412. The number of furan rings is 1. The maximum Gasteiger partial charge on any atom is 0.134 e. The van der Waals surface area contributed by atoms with Gasteiger partial charge in [0, 0.05) is 18.2 Å². The molecule has 0 aliphatic heterocycles. The van der Waals surface area contributed by atoms with E-state index in [0.29, 0.717) is 17.9 Å². The average molecular weight is 291 g/mol. The summed E-state index contributed by atoms with van der Waals surface area (Å²) in [6.07, 6.45) is 1.68. The summed E-state index contributed by atoms with van der Waals surface area (Å²) in [7, 11) is 0. The van der Waals surface area contributed by atoms with Gasteiger partial charge >= 0.3 is 0 Å². The first-order valence-electron chi connectivity index (χ1n) is 7.34. The number of rotatable bonds is 7. The normalized spacial score (nSPS) is 12.6. The molecule has 2 rings (SSSR count). The highest BCUT2D eigenvalue weighted by Crippen LogP contribution is 2.27. The molecule has 2 N–H and O–H groups in total. The predicted molar refractivity (Wildman–Crippen MR) is 81.5 cm³/mol. The maximum absolute atomic E-state index is 13.6. The van der Waals surface area contributed by atoms with Gasteiger partial charge in [0.1, 0.15) is 17.3 Å². The lowest BCUT2D eigenvalue weighted by molar-refractivity contribution is 0.260. The molecule has 0 radical (unpaired) electrons. The zero-order chi connectivity index (χ0) is 15.2. The average Bonchev–Trinajstić information content (AvgIpc) is 2.95. The second kappa shape index (κ2) is 7.38. The Bertz CT molecular complexity index is 580. The summed E-state index contributed by atoms with van der Waals surface area (Å²) in [6.45, 7) is 4.61. The molecule has 0 saturated carbocycles. The van der Waals surface area contributed by atoms with Crippen LogP contribution < -0.4 is 5.32 Å². The smallest absolute Gasteiger partial charge is 0.134 e. The van der Waals surface area contributed by atoms with E-state index in [1.165, 1.54) is 6.07 Å². The molecule has 0 aliphatic carbocycles. The molecule has 0 fully saturated rings. The van der Waals surface area contributed by atoms with Crippen LogP contribution in [0.25, 0.3) is 11.3 Å². The van der Waals surface area contributed by atoms with Crippen molar-refractivity contribution >= 4 is 0 Å². The molecule has 2 aromatic rings. The third-order valence-corrected chi connectivity index (χ3v) is 3.73. The highest BCUT2D eigenvalue weighted by Gasteiger charge is 2.11. The monoisotopic (exact) mass is 291 g/mol. The molecule has 0 saturated heterocycles. The second-order valence-corrected chi connectivity index (χ2v) is 5.18. The van der Waals surface area contributed by atoms with Gasteiger partial charge in [0.2, 0.25) is 0 Å². The van der Waals surface area contributed by atoms with Gasteiger partial charge in [-0.2, -0.15) is 0 Å². The lowest BCUT2D eigenvalue weighted by Crippen LogP contribution is -2.28. The lowest BCUT2D eigenvalue weighted by atomic mass is 10.1. The number of halogens is 1. The van der Waals surface area contributed by atoms with Crippen LogP contribution in [0.15, 0.2) is 34.7 Å². The molecule has 0 unspecified atom stereocenters. The Hall–Kier alpha value is -1.65. The zero-order valence-corrected chi connectivity index (χ0v) is 12.5. The van der Waals surface area contributed by atoms with Crippen molar-refractivity contribution in [3.05, 3.63) is 47.5 Å². The van der Waals surface area contributed by atoms with Gasteiger partial charge in [-0.3, -0.25) is 0 Å². The van der Waals surface area contributed by atoms with Gasteiger partial charge in [0.15, 0.2) is 0 Å². The van der Waals surface area contributed by atoms with Crippen LogP contribution in [0.3, 0.4) is 0 Å². The summed E-state index contributed by atoms with van der Waals surface area (Å²) >= 11 is 0. The molecule has 3 nitrogen and oxygen atoms in total. The van der Waals surface area contributed by atoms with Gasteiger partial charge < -0.3 is 14.8 Å². The van der Waals surface area contributed by atoms with E-state index in [1.807, 2.05) is 18.2 Å². The van der Waals surface area contributed by atoms with Crippen molar-refractivity contribution in [2.45, 2.75) is 39.3 Å². The van der Waals surface area contributed by atoms with E-state index >= 15 is 0 Å². The number of hydrogen-bond acceptors (Lipinski definition) is 3. The number of aliphatic hydroxyl groups is 1. The molecule has 0 spiro atoms. The van der Waals surface area contributed by atoms with Gasteiger partial charge in [-0.25, -0.2) is 4.39 Å². The minimum atomic E-state index is -0.224. The van der Waals surface area contributed by atoms with Crippen molar-refractivity contribution < 1.29 is 13.9 Å². The molecule has 114 valence electrons. The number of aliphatic hydroxyl groups excluding tert-OH is 1. The molecule has 4 heteroatoms. The van der Waals surface area contributed by atoms with Crippen molar-refractivity contribution in [3.63, 3.8) is 0 Å². The second-order valence-electron chi connectivity index (χ2n) is 5.18. The summed E-state index contributed by atoms with van der Waals surface area (Å²) in [5.74, 6) is 1.27. The fourth-order valence-corrected chi connectivity index (χ4v) is 2.34. The SMILES string of the molecule is CC[C@H](CCO)NCc1ccc(-c2cccc(F)c2C)o1. The Labute approximate surface area is 124 Å². The highest BCUT2D eigenvalue weighted by atomic mass is 19.1. The van der Waals surface area contributed by atoms with E-state index < -0.39 is 0 Å². The van der Waals surface area contributed by atoms with Gasteiger partial charge in [0.05, 0.1) is 6.54 Å². The van der Waals surface area contributed by atoms with Crippen LogP contribution in [0, 0.1) is 12.7 Å². The van der Waals surface area contributed by atoms with Gasteiger partial charge in [-0.15, -0.1) is 0 Å². The Balaban J connectivity index is 2.06. The Morgan fingerprint density at radius 2 is 2.10 bits per heavy atom. The molecular formula is C17H22FNO2. The molecule has 1 atom stereocenters. The van der Waals surface area contributed by atoms with Gasteiger partial charge in [-0.1, -0.05) is 19.1 Å². The first-order chi connectivity index (χ1) is 10.2. The molecule has 0 bridgehead atoms. The largest absolute Gasteiger partial charge is 0.460 e. The molecule has 1 aromatic heterocycles. The zero-order valence-electron chi connectivity index (χ0n) is 12.5. The third kappa shape index (κ3) is 3.93. The molecule has 21 heavy (non-hydrogen) atoms. The standard InChI is InChI=1S/C17H22FNO2/c1-3-13(9-10-20)19-11-14-7-8-17(21-14)15-5-4-6-16(18)12(15)2/h4-8,13,19-20H,3,9-11H2,1-2H3/t13-/m1/s1. The number of hydrogen-bond donors (Lipinski definition) is 2. The Kier molecular flexibility index (Phi) is 5.53. The minimum Gasteiger partial charge on any atom is -0.460 e. The topological polar surface area (TPSA) is 45.4 Å². The van der Waals surface area contributed by atoms with Gasteiger partial charge in [-0.05, 0) is 43.5 Å². The Morgan fingerprint density at radius 3 is 2.81 bits per heavy atom. The van der Waals surface area contributed by atoms with Gasteiger partial charge in [0.25, 0.3) is 0 Å². The third-order valence-electron chi connectivity index (χ3n) is 3.73. The summed E-state index contributed by atoms with van der Waals surface area (Å²) in [5, 5.41) is 12.3. The first-order valence-corrected chi connectivity index (χ1v) is 7.34. The van der Waals surface area contributed by atoms with Crippen LogP contribution in [0.2, 0.25) is 0 Å². The summed E-state index contributed by atoms with van der Waals surface area (Å²) in [5.41, 5.74) is 1.38. The van der Waals surface area contributed by atoms with Crippen molar-refractivity contribution in [1.82, 2.24) is 5.32 Å². The summed E-state index contributed by atoms with van der Waals surface area (Å²) in [4.78, 5) is 0. The molecule has 0 amide bonds. The van der Waals surface area contributed by atoms with Crippen molar-refractivity contribution in [2.24, 2.45) is 0 Å². The van der Waals surface area contributed by atoms with Crippen LogP contribution in [-0.2, 0) is 6.54 Å². The van der Waals surface area contributed by atoms with Crippen LogP contribution in [0.1, 0.15) is 31.1 Å². The Morgan fingerprint density at radius 1 is 1.29 bits per heavy atom. The van der Waals surface area contributed by atoms with E-state index in [1.54, 1.807) is 13.0 Å². The molecule has 1 heterocycles. The van der Waals surface area contributed by atoms with E-state index in [9.17, 15) is 4.39 Å². The summed E-state index contributed by atoms with van der Waals surface area (Å²) in [6, 6.07) is 9.04. The predicted octanol–water partition coefficient (Wildman–Crippen LogP) is 3.64. The van der Waals surface area contributed by atoms with Crippen molar-refractivity contribution in [2.75, 3.05) is 6.61 Å². The van der Waals surface area contributed by atoms with Crippen LogP contribution in [0.4, 0.5) is 4.39 Å². The first kappa shape index (κ1) is 15.7. The van der Waals surface area contributed by atoms with E-state index in [4.69, 9.17) is 9.52 Å². The van der Waals surface area contributed by atoms with E-state index in [0.717, 1.165) is 24.2 Å². The quantitative estimate of drug-likeness (QED) is 0.818. The van der Waals surface area contributed by atoms with Crippen LogP contribution in [0.5, 0.6) is 0 Å². The fourth-order valence-electron chi connectivity index (χ4n) is 2.34. The van der Waals surface area contributed by atoms with E-state index in [-0.39, 0.29) is 18.5 Å². The van der Waals surface area contributed by atoms with Crippen molar-refractivity contribution in [1.29, 1.82) is 0 Å². The van der Waals surface area contributed by atoms with Crippen molar-refractivity contribution in [3.8, 4) is 11.3 Å². The maximum atomic E-state index is 13.6. The van der Waals surface area contributed by atoms with Crippen LogP contribution >= 0.6 is 0 Å². The molecule has 1 aromatic carbocycles. The highest BCUT2D eigenvalue weighted by molar-refractivity contribution is 5.62.